The molecule has 1 N–H and O–H groups in total. The van der Waals surface area contributed by atoms with Crippen molar-refractivity contribution in [2.75, 3.05) is 33.7 Å². The number of benzene rings is 1. The molecule has 2 rings (SSSR count). The Balaban J connectivity index is 0.00000364. The average molecular weight is 492 g/mol. The van der Waals surface area contributed by atoms with Gasteiger partial charge in [-0.25, -0.2) is 9.38 Å². The Morgan fingerprint density at radius 3 is 2.52 bits per heavy atom. The van der Waals surface area contributed by atoms with Gasteiger partial charge in [-0.3, -0.25) is 4.79 Å². The highest BCUT2D eigenvalue weighted by Gasteiger charge is 2.29. The normalized spacial score (nSPS) is 20.3. The molecule has 0 spiro atoms. The minimum absolute atomic E-state index is 0. The first-order valence-electron chi connectivity index (χ1n) is 8.93. The van der Waals surface area contributed by atoms with Crippen molar-refractivity contribution in [3.63, 3.8) is 0 Å². The van der Waals surface area contributed by atoms with Crippen molar-refractivity contribution in [2.45, 2.75) is 39.0 Å². The quantitative estimate of drug-likeness (QED) is 0.399. The highest BCUT2D eigenvalue weighted by atomic mass is 127. The summed E-state index contributed by atoms with van der Waals surface area (Å²) in [7, 11) is 3.43. The van der Waals surface area contributed by atoms with Gasteiger partial charge in [0, 0.05) is 26.7 Å². The molecule has 152 valence electrons. The number of hydrogen-bond donors (Lipinski definition) is 1. The van der Waals surface area contributed by atoms with E-state index in [0.29, 0.717) is 19.0 Å². The van der Waals surface area contributed by atoms with Gasteiger partial charge in [0.2, 0.25) is 5.91 Å². The minimum Gasteiger partial charge on any atom is -0.367 e. The molecule has 1 fully saturated rings. The first-order valence-corrected chi connectivity index (χ1v) is 8.93. The van der Waals surface area contributed by atoms with E-state index in [1.165, 1.54) is 17.0 Å². The lowest BCUT2D eigenvalue weighted by atomic mass is 10.1. The molecule has 0 aromatic heterocycles. The van der Waals surface area contributed by atoms with Crippen LogP contribution in [-0.2, 0) is 9.53 Å². The monoisotopic (exact) mass is 492 g/mol. The lowest BCUT2D eigenvalue weighted by molar-refractivity contribution is -0.127. The van der Waals surface area contributed by atoms with Crippen LogP contribution >= 0.6 is 24.0 Å². The molecule has 0 aliphatic carbocycles. The van der Waals surface area contributed by atoms with Crippen molar-refractivity contribution in [2.24, 2.45) is 4.99 Å². The molecule has 2 unspecified atom stereocenters. The number of ether oxygens (including phenoxy) is 1. The lowest BCUT2D eigenvalue weighted by Crippen LogP contribution is -2.52. The second kappa shape index (κ2) is 10.8. The number of amides is 1. The van der Waals surface area contributed by atoms with Crippen LogP contribution in [0.1, 0.15) is 32.4 Å². The van der Waals surface area contributed by atoms with E-state index in [9.17, 15) is 9.18 Å². The summed E-state index contributed by atoms with van der Waals surface area (Å²) in [5.41, 5.74) is 0.927. The molecular weight excluding hydrogens is 462 g/mol. The van der Waals surface area contributed by atoms with E-state index in [1.807, 2.05) is 20.8 Å². The van der Waals surface area contributed by atoms with Gasteiger partial charge in [-0.1, -0.05) is 12.1 Å². The van der Waals surface area contributed by atoms with Gasteiger partial charge in [-0.2, -0.15) is 0 Å². The van der Waals surface area contributed by atoms with Crippen LogP contribution in [0.3, 0.4) is 0 Å². The number of nitrogens with zero attached hydrogens (tertiary/aromatic N) is 3. The van der Waals surface area contributed by atoms with Crippen LogP contribution in [-0.4, -0.2) is 67.5 Å². The molecule has 0 bridgehead atoms. The van der Waals surface area contributed by atoms with E-state index in [-0.39, 0.29) is 60.5 Å². The van der Waals surface area contributed by atoms with E-state index >= 15 is 0 Å². The molecule has 8 heteroatoms. The number of aliphatic imine (C=N–C) groups is 1. The number of guanidine groups is 1. The Bertz CT molecular complexity index is 637. The molecule has 1 aliphatic rings. The van der Waals surface area contributed by atoms with E-state index in [0.717, 1.165) is 5.56 Å². The first-order chi connectivity index (χ1) is 12.3. The van der Waals surface area contributed by atoms with E-state index in [1.54, 1.807) is 26.2 Å². The van der Waals surface area contributed by atoms with Crippen molar-refractivity contribution in [3.05, 3.63) is 35.6 Å². The van der Waals surface area contributed by atoms with Crippen molar-refractivity contribution >= 4 is 35.8 Å². The van der Waals surface area contributed by atoms with Gasteiger partial charge >= 0.3 is 0 Å². The molecule has 2 atom stereocenters. The van der Waals surface area contributed by atoms with E-state index in [4.69, 9.17) is 4.74 Å². The third-order valence-corrected chi connectivity index (χ3v) is 4.08. The Morgan fingerprint density at radius 2 is 1.96 bits per heavy atom. The zero-order chi connectivity index (χ0) is 19.3. The van der Waals surface area contributed by atoms with E-state index in [2.05, 4.69) is 15.2 Å². The van der Waals surface area contributed by atoms with Crippen LogP contribution in [0.2, 0.25) is 0 Å². The van der Waals surface area contributed by atoms with Crippen molar-refractivity contribution in [1.29, 1.82) is 0 Å². The summed E-state index contributed by atoms with van der Waals surface area (Å²) in [6, 6.07) is 6.57. The number of morpholine rings is 1. The van der Waals surface area contributed by atoms with Gasteiger partial charge in [0.1, 0.15) is 18.5 Å². The average Bonchev–Trinajstić information content (AvgIpc) is 2.57. The summed E-state index contributed by atoms with van der Waals surface area (Å²) in [6.45, 7) is 7.42. The summed E-state index contributed by atoms with van der Waals surface area (Å²) >= 11 is 0. The van der Waals surface area contributed by atoms with Crippen molar-refractivity contribution in [3.8, 4) is 0 Å². The van der Waals surface area contributed by atoms with Crippen LogP contribution in [0.25, 0.3) is 0 Å². The second-order valence-corrected chi connectivity index (χ2v) is 7.12. The summed E-state index contributed by atoms with van der Waals surface area (Å²) in [5.74, 6) is 0.377. The van der Waals surface area contributed by atoms with Gasteiger partial charge in [0.15, 0.2) is 5.96 Å². The van der Waals surface area contributed by atoms with Crippen LogP contribution in [0.5, 0.6) is 0 Å². The molecule has 1 aliphatic heterocycles. The molecular formula is C19H30FIN4O2. The number of nitrogens with one attached hydrogen (secondary N) is 1. The minimum atomic E-state index is -0.264. The fourth-order valence-electron chi connectivity index (χ4n) is 2.76. The summed E-state index contributed by atoms with van der Waals surface area (Å²) < 4.78 is 19.2. The zero-order valence-corrected chi connectivity index (χ0v) is 18.9. The molecule has 1 aromatic carbocycles. The summed E-state index contributed by atoms with van der Waals surface area (Å²) in [6.07, 6.45) is -0.189. The van der Waals surface area contributed by atoms with Crippen LogP contribution in [0, 0.1) is 5.82 Å². The largest absolute Gasteiger partial charge is 0.367 e. The van der Waals surface area contributed by atoms with Crippen LogP contribution in [0.4, 0.5) is 4.39 Å². The lowest BCUT2D eigenvalue weighted by Gasteiger charge is -2.39. The number of likely N-dealkylation sites (N-methyl/N-ethyl adjacent to an activating group) is 1. The predicted octanol–water partition coefficient (Wildman–Crippen LogP) is 2.65. The number of hydrogen-bond acceptors (Lipinski definition) is 3. The third kappa shape index (κ3) is 7.25. The maximum absolute atomic E-state index is 13.2. The van der Waals surface area contributed by atoms with Gasteiger partial charge in [0.05, 0.1) is 12.6 Å². The van der Waals surface area contributed by atoms with Gasteiger partial charge in [0.25, 0.3) is 0 Å². The predicted molar refractivity (Wildman–Crippen MR) is 116 cm³/mol. The highest BCUT2D eigenvalue weighted by Crippen LogP contribution is 2.25. The first kappa shape index (κ1) is 23.6. The maximum Gasteiger partial charge on any atom is 0.243 e. The van der Waals surface area contributed by atoms with Gasteiger partial charge in [-0.15, -0.1) is 24.0 Å². The van der Waals surface area contributed by atoms with Crippen LogP contribution in [0.15, 0.2) is 29.3 Å². The Kier molecular flexibility index (Phi) is 9.44. The second-order valence-electron chi connectivity index (χ2n) is 7.12. The fourth-order valence-corrected chi connectivity index (χ4v) is 2.76. The van der Waals surface area contributed by atoms with Crippen molar-refractivity contribution in [1.82, 2.24) is 15.1 Å². The molecule has 27 heavy (non-hydrogen) atoms. The number of halogens is 2. The molecule has 1 amide bonds. The summed E-state index contributed by atoms with van der Waals surface area (Å²) in [5, 5.41) is 3.34. The van der Waals surface area contributed by atoms with Crippen LogP contribution < -0.4 is 5.32 Å². The Morgan fingerprint density at radius 1 is 1.33 bits per heavy atom. The zero-order valence-electron chi connectivity index (χ0n) is 16.6. The number of rotatable bonds is 4. The SMILES string of the molecule is CC(C)NC(=NCC(=O)N(C)C)N1CC(C)OC(c2ccc(F)cc2)C1.I. The smallest absolute Gasteiger partial charge is 0.243 e. The number of carbonyl (C=O) groups excluding carboxylic acids is 1. The highest BCUT2D eigenvalue weighted by molar-refractivity contribution is 14.0. The Labute approximate surface area is 178 Å². The maximum atomic E-state index is 13.2. The van der Waals surface area contributed by atoms with E-state index < -0.39 is 0 Å². The standard InChI is InChI=1S/C19H29FN4O2.HI/c1-13(2)22-19(21-10-18(25)23(4)5)24-11-14(3)26-17(12-24)15-6-8-16(20)9-7-15;/h6-9,13-14,17H,10-12H2,1-5H3,(H,21,22);1H. The molecule has 1 aromatic rings. The fraction of sp³-hybridized carbons (Fsp3) is 0.579. The molecule has 1 saturated heterocycles. The molecule has 6 nitrogen and oxygen atoms in total. The number of carbonyl (C=O) groups is 1. The molecule has 1 heterocycles. The molecule has 0 saturated carbocycles. The van der Waals surface area contributed by atoms with Gasteiger partial charge in [-0.05, 0) is 38.5 Å². The van der Waals surface area contributed by atoms with Crippen molar-refractivity contribution < 1.29 is 13.9 Å². The topological polar surface area (TPSA) is 57.2 Å². The summed E-state index contributed by atoms with van der Waals surface area (Å²) in [4.78, 5) is 20.1. The van der Waals surface area contributed by atoms with Gasteiger partial charge < -0.3 is 19.9 Å². The Hall–Kier alpha value is -1.42. The third-order valence-electron chi connectivity index (χ3n) is 4.08. The molecule has 0 radical (unpaired) electrons.